The van der Waals surface area contributed by atoms with Gasteiger partial charge in [0.1, 0.15) is 17.4 Å². The fourth-order valence-electron chi connectivity index (χ4n) is 2.64. The maximum Gasteiger partial charge on any atom is 0.262 e. The lowest BCUT2D eigenvalue weighted by Gasteiger charge is -2.11. The molecular formula is C19H24N2O2. The van der Waals surface area contributed by atoms with Gasteiger partial charge in [0.15, 0.2) is 0 Å². The van der Waals surface area contributed by atoms with Crippen molar-refractivity contribution >= 4 is 12.0 Å². The van der Waals surface area contributed by atoms with Crippen LogP contribution in [0.25, 0.3) is 6.08 Å². The van der Waals surface area contributed by atoms with Crippen LogP contribution in [0, 0.1) is 11.3 Å². The van der Waals surface area contributed by atoms with Crippen molar-refractivity contribution in [2.75, 3.05) is 6.61 Å². The highest BCUT2D eigenvalue weighted by Gasteiger charge is 2.19. The molecule has 0 atom stereocenters. The highest BCUT2D eigenvalue weighted by atomic mass is 16.5. The van der Waals surface area contributed by atoms with Gasteiger partial charge in [-0.25, -0.2) is 0 Å². The van der Waals surface area contributed by atoms with Gasteiger partial charge in [-0.15, -0.1) is 0 Å². The van der Waals surface area contributed by atoms with Gasteiger partial charge in [0.2, 0.25) is 0 Å². The molecule has 0 aliphatic heterocycles. The smallest absolute Gasteiger partial charge is 0.262 e. The first-order valence-corrected chi connectivity index (χ1v) is 8.38. The zero-order valence-electron chi connectivity index (χ0n) is 13.7. The Kier molecular flexibility index (Phi) is 6.68. The van der Waals surface area contributed by atoms with Gasteiger partial charge in [-0.05, 0) is 43.0 Å². The van der Waals surface area contributed by atoms with E-state index in [0.717, 1.165) is 49.8 Å². The molecule has 0 saturated heterocycles. The Hall–Kier alpha value is -2.28. The second-order valence-corrected chi connectivity index (χ2v) is 5.90. The fraction of sp³-hybridized carbons (Fsp3) is 0.474. The molecule has 1 fully saturated rings. The van der Waals surface area contributed by atoms with Gasteiger partial charge in [-0.2, -0.15) is 5.26 Å². The minimum atomic E-state index is -0.275. The van der Waals surface area contributed by atoms with Gasteiger partial charge in [0, 0.05) is 6.04 Å². The van der Waals surface area contributed by atoms with Crippen LogP contribution in [-0.2, 0) is 4.79 Å². The van der Waals surface area contributed by atoms with Crippen molar-refractivity contribution in [3.63, 3.8) is 0 Å². The van der Waals surface area contributed by atoms with Crippen LogP contribution in [0.5, 0.6) is 5.75 Å². The highest BCUT2D eigenvalue weighted by molar-refractivity contribution is 6.01. The monoisotopic (exact) mass is 312 g/mol. The lowest BCUT2D eigenvalue weighted by molar-refractivity contribution is -0.117. The van der Waals surface area contributed by atoms with E-state index < -0.39 is 0 Å². The molecule has 1 aliphatic carbocycles. The third kappa shape index (κ3) is 5.45. The van der Waals surface area contributed by atoms with Crippen LogP contribution in [0.1, 0.15) is 51.0 Å². The first kappa shape index (κ1) is 17.1. The summed E-state index contributed by atoms with van der Waals surface area (Å²) in [5, 5.41) is 12.2. The molecule has 23 heavy (non-hydrogen) atoms. The van der Waals surface area contributed by atoms with E-state index in [1.165, 1.54) is 0 Å². The largest absolute Gasteiger partial charge is 0.494 e. The third-order valence-corrected chi connectivity index (χ3v) is 4.01. The van der Waals surface area contributed by atoms with Crippen molar-refractivity contribution in [2.45, 2.75) is 51.5 Å². The topological polar surface area (TPSA) is 62.1 Å². The number of nitrogens with one attached hydrogen (secondary N) is 1. The van der Waals surface area contributed by atoms with Crippen LogP contribution in [-0.4, -0.2) is 18.6 Å². The molecule has 1 N–H and O–H groups in total. The summed E-state index contributed by atoms with van der Waals surface area (Å²) in [6.45, 7) is 2.83. The van der Waals surface area contributed by atoms with E-state index in [9.17, 15) is 10.1 Å². The number of rotatable bonds is 7. The van der Waals surface area contributed by atoms with Gasteiger partial charge >= 0.3 is 0 Å². The number of unbranched alkanes of at least 4 members (excludes halogenated alkanes) is 1. The van der Waals surface area contributed by atoms with E-state index in [1.54, 1.807) is 6.08 Å². The van der Waals surface area contributed by atoms with Crippen LogP contribution >= 0.6 is 0 Å². The average molecular weight is 312 g/mol. The van der Waals surface area contributed by atoms with Crippen molar-refractivity contribution in [1.82, 2.24) is 5.32 Å². The number of ether oxygens (including phenoxy) is 1. The van der Waals surface area contributed by atoms with Crippen molar-refractivity contribution < 1.29 is 9.53 Å². The number of hydrogen-bond acceptors (Lipinski definition) is 3. The van der Waals surface area contributed by atoms with Crippen molar-refractivity contribution in [2.24, 2.45) is 0 Å². The molecular weight excluding hydrogens is 288 g/mol. The first-order valence-electron chi connectivity index (χ1n) is 8.38. The summed E-state index contributed by atoms with van der Waals surface area (Å²) >= 11 is 0. The van der Waals surface area contributed by atoms with Crippen LogP contribution in [0.4, 0.5) is 0 Å². The van der Waals surface area contributed by atoms with E-state index >= 15 is 0 Å². The number of amides is 1. The number of nitriles is 1. The van der Waals surface area contributed by atoms with Gasteiger partial charge in [0.25, 0.3) is 5.91 Å². The molecule has 1 saturated carbocycles. The van der Waals surface area contributed by atoms with E-state index in [1.807, 2.05) is 30.3 Å². The van der Waals surface area contributed by atoms with Gasteiger partial charge < -0.3 is 10.1 Å². The number of carbonyl (C=O) groups excluding carboxylic acids is 1. The number of carbonyl (C=O) groups is 1. The molecule has 2 rings (SSSR count). The molecule has 0 bridgehead atoms. The Morgan fingerprint density at radius 3 is 2.65 bits per heavy atom. The highest BCUT2D eigenvalue weighted by Crippen LogP contribution is 2.19. The molecule has 0 aromatic heterocycles. The first-order chi connectivity index (χ1) is 11.2. The molecule has 1 aliphatic rings. The minimum absolute atomic E-state index is 0.150. The zero-order chi connectivity index (χ0) is 16.5. The Bertz CT molecular complexity index is 578. The number of nitrogens with zero attached hydrogens (tertiary/aromatic N) is 1. The Labute approximate surface area is 138 Å². The number of benzene rings is 1. The van der Waals surface area contributed by atoms with E-state index in [0.29, 0.717) is 6.61 Å². The molecule has 1 amide bonds. The Balaban J connectivity index is 1.96. The summed E-state index contributed by atoms with van der Waals surface area (Å²) in [5.74, 6) is 0.534. The molecule has 0 unspecified atom stereocenters. The van der Waals surface area contributed by atoms with Crippen molar-refractivity contribution in [3.8, 4) is 11.8 Å². The summed E-state index contributed by atoms with van der Waals surface area (Å²) in [5.41, 5.74) is 0.975. The van der Waals surface area contributed by atoms with Crippen LogP contribution in [0.3, 0.4) is 0 Å². The van der Waals surface area contributed by atoms with E-state index in [-0.39, 0.29) is 17.5 Å². The maximum atomic E-state index is 12.1. The van der Waals surface area contributed by atoms with Crippen molar-refractivity contribution in [1.29, 1.82) is 5.26 Å². The van der Waals surface area contributed by atoms with Gasteiger partial charge in [-0.1, -0.05) is 38.3 Å². The zero-order valence-corrected chi connectivity index (χ0v) is 13.7. The molecule has 1 aromatic carbocycles. The second-order valence-electron chi connectivity index (χ2n) is 5.90. The Morgan fingerprint density at radius 1 is 1.35 bits per heavy atom. The third-order valence-electron chi connectivity index (χ3n) is 4.01. The summed E-state index contributed by atoms with van der Waals surface area (Å²) < 4.78 is 5.60. The van der Waals surface area contributed by atoms with Crippen LogP contribution in [0.15, 0.2) is 29.8 Å². The standard InChI is InChI=1S/C19H24N2O2/c1-2-3-12-23-18-10-8-15(9-11-18)13-16(14-20)19(22)21-17-6-4-5-7-17/h8-11,13,17H,2-7,12H2,1H3,(H,21,22). The molecule has 0 spiro atoms. The van der Waals surface area contributed by atoms with Gasteiger partial charge in [-0.3, -0.25) is 4.79 Å². The summed E-state index contributed by atoms with van der Waals surface area (Å²) in [6, 6.07) is 9.67. The normalized spacial score (nSPS) is 15.2. The Morgan fingerprint density at radius 2 is 2.04 bits per heavy atom. The molecule has 1 aromatic rings. The van der Waals surface area contributed by atoms with E-state index in [2.05, 4.69) is 12.2 Å². The minimum Gasteiger partial charge on any atom is -0.494 e. The molecule has 4 heteroatoms. The lowest BCUT2D eigenvalue weighted by atomic mass is 10.1. The summed E-state index contributed by atoms with van der Waals surface area (Å²) in [6.07, 6.45) is 8.07. The SMILES string of the molecule is CCCCOc1ccc(C=C(C#N)C(=O)NC2CCCC2)cc1. The molecule has 0 heterocycles. The van der Waals surface area contributed by atoms with Gasteiger partial charge in [0.05, 0.1) is 6.61 Å². The van der Waals surface area contributed by atoms with Crippen LogP contribution in [0.2, 0.25) is 0 Å². The van der Waals surface area contributed by atoms with E-state index in [4.69, 9.17) is 4.74 Å². The fourth-order valence-corrected chi connectivity index (χ4v) is 2.64. The predicted molar refractivity (Wildman–Crippen MR) is 90.8 cm³/mol. The maximum absolute atomic E-state index is 12.1. The van der Waals surface area contributed by atoms with Crippen LogP contribution < -0.4 is 10.1 Å². The molecule has 122 valence electrons. The molecule has 0 radical (unpaired) electrons. The average Bonchev–Trinajstić information content (AvgIpc) is 3.07. The second kappa shape index (κ2) is 8.99. The summed E-state index contributed by atoms with van der Waals surface area (Å²) in [7, 11) is 0. The van der Waals surface area contributed by atoms with Crippen molar-refractivity contribution in [3.05, 3.63) is 35.4 Å². The lowest BCUT2D eigenvalue weighted by Crippen LogP contribution is -2.33. The summed E-state index contributed by atoms with van der Waals surface area (Å²) in [4.78, 5) is 12.1. The number of hydrogen-bond donors (Lipinski definition) is 1. The molecule has 4 nitrogen and oxygen atoms in total. The predicted octanol–water partition coefficient (Wildman–Crippen LogP) is 3.83. The quantitative estimate of drug-likeness (QED) is 0.473.